The number of unbranched alkanes of at least 4 members (excludes halogenated alkanes) is 1. The van der Waals surface area contributed by atoms with Crippen LogP contribution in [-0.4, -0.2) is 8.32 Å². The second-order valence-electron chi connectivity index (χ2n) is 9.27. The van der Waals surface area contributed by atoms with Gasteiger partial charge in [0.15, 0.2) is 0 Å². The maximum atomic E-state index is 7.13. The molecule has 2 heteroatoms. The van der Waals surface area contributed by atoms with Gasteiger partial charge in [-0.2, -0.15) is 0 Å². The van der Waals surface area contributed by atoms with E-state index in [4.69, 9.17) is 4.43 Å². The molecule has 0 saturated heterocycles. The lowest BCUT2D eigenvalue weighted by Gasteiger charge is -2.42. The molecule has 0 aliphatic carbocycles. The smallest absolute Gasteiger partial charge is 0.258 e. The maximum absolute atomic E-state index is 7.13. The van der Waals surface area contributed by atoms with E-state index in [2.05, 4.69) is 86.6 Å². The van der Waals surface area contributed by atoms with Crippen LogP contribution in [0.2, 0.25) is 16.6 Å². The summed E-state index contributed by atoms with van der Waals surface area (Å²) in [5.74, 6) is 1.15. The molecule has 0 unspecified atom stereocenters. The van der Waals surface area contributed by atoms with Gasteiger partial charge in [-0.1, -0.05) is 67.0 Å². The van der Waals surface area contributed by atoms with E-state index in [1.165, 1.54) is 40.3 Å². The summed E-state index contributed by atoms with van der Waals surface area (Å²) in [6, 6.07) is 9.39. The molecular formula is C25H40OSi. The van der Waals surface area contributed by atoms with Crippen molar-refractivity contribution in [3.8, 4) is 5.75 Å². The van der Waals surface area contributed by atoms with Crippen LogP contribution < -0.4 is 4.43 Å². The number of fused-ring (bicyclic) bond motifs is 1. The van der Waals surface area contributed by atoms with E-state index in [1.807, 2.05) is 0 Å². The van der Waals surface area contributed by atoms with Crippen LogP contribution in [0.15, 0.2) is 24.3 Å². The molecule has 150 valence electrons. The van der Waals surface area contributed by atoms with E-state index in [0.717, 1.165) is 12.2 Å². The van der Waals surface area contributed by atoms with Crippen LogP contribution in [-0.2, 0) is 6.42 Å². The van der Waals surface area contributed by atoms with Crippen LogP contribution in [0.5, 0.6) is 5.75 Å². The third-order valence-corrected chi connectivity index (χ3v) is 12.4. The first-order chi connectivity index (χ1) is 12.6. The first-order valence-electron chi connectivity index (χ1n) is 10.9. The highest BCUT2D eigenvalue weighted by atomic mass is 28.4. The lowest BCUT2D eigenvalue weighted by atomic mass is 9.98. The summed E-state index contributed by atoms with van der Waals surface area (Å²) >= 11 is 0. The number of hydrogen-bond acceptors (Lipinski definition) is 1. The minimum atomic E-state index is -1.95. The SMILES string of the molecule is CCCCc1cc2cc(C)c(C)cc2cc1O[Si](C(C)C)(C(C)C)C(C)C. The number of hydrogen-bond donors (Lipinski definition) is 0. The van der Waals surface area contributed by atoms with Gasteiger partial charge in [0.2, 0.25) is 0 Å². The predicted molar refractivity (Wildman–Crippen MR) is 124 cm³/mol. The van der Waals surface area contributed by atoms with Crippen LogP contribution in [0.3, 0.4) is 0 Å². The van der Waals surface area contributed by atoms with Crippen molar-refractivity contribution in [2.24, 2.45) is 0 Å². The highest BCUT2D eigenvalue weighted by Crippen LogP contribution is 2.44. The van der Waals surface area contributed by atoms with Gasteiger partial charge in [0.05, 0.1) is 0 Å². The fraction of sp³-hybridized carbons (Fsp3) is 0.600. The lowest BCUT2D eigenvalue weighted by Crippen LogP contribution is -2.50. The summed E-state index contributed by atoms with van der Waals surface area (Å²) in [7, 11) is -1.95. The number of benzene rings is 2. The summed E-state index contributed by atoms with van der Waals surface area (Å²) in [6.07, 6.45) is 3.53. The maximum Gasteiger partial charge on any atom is 0.258 e. The molecule has 0 radical (unpaired) electrons. The molecule has 0 aliphatic rings. The molecule has 0 saturated carbocycles. The van der Waals surface area contributed by atoms with Gasteiger partial charge in [0.25, 0.3) is 8.32 Å². The van der Waals surface area contributed by atoms with Crippen LogP contribution in [0.1, 0.15) is 78.0 Å². The van der Waals surface area contributed by atoms with Crippen molar-refractivity contribution in [3.05, 3.63) is 41.0 Å². The zero-order chi connectivity index (χ0) is 20.4. The van der Waals surface area contributed by atoms with Crippen molar-refractivity contribution in [3.63, 3.8) is 0 Å². The molecule has 0 N–H and O–H groups in total. The third-order valence-electron chi connectivity index (χ3n) is 6.43. The fourth-order valence-corrected chi connectivity index (χ4v) is 10.1. The average Bonchev–Trinajstić information content (AvgIpc) is 2.58. The number of aryl methyl sites for hydroxylation is 3. The Kier molecular flexibility index (Phi) is 7.19. The second-order valence-corrected chi connectivity index (χ2v) is 14.6. The van der Waals surface area contributed by atoms with Crippen molar-refractivity contribution in [1.29, 1.82) is 0 Å². The molecule has 0 aliphatic heterocycles. The molecule has 0 heterocycles. The molecule has 2 aromatic carbocycles. The number of rotatable bonds is 8. The summed E-state index contributed by atoms with van der Waals surface area (Å²) < 4.78 is 7.13. The van der Waals surface area contributed by atoms with E-state index < -0.39 is 8.32 Å². The van der Waals surface area contributed by atoms with Gasteiger partial charge in [-0.05, 0) is 82.9 Å². The van der Waals surface area contributed by atoms with Crippen molar-refractivity contribution >= 4 is 19.1 Å². The van der Waals surface area contributed by atoms with Crippen molar-refractivity contribution in [2.45, 2.75) is 98.2 Å². The summed E-state index contributed by atoms with van der Waals surface area (Å²) in [4.78, 5) is 0. The molecule has 1 nitrogen and oxygen atoms in total. The molecule has 0 atom stereocenters. The van der Waals surface area contributed by atoms with Gasteiger partial charge >= 0.3 is 0 Å². The van der Waals surface area contributed by atoms with Gasteiger partial charge in [-0.25, -0.2) is 0 Å². The van der Waals surface area contributed by atoms with E-state index in [0.29, 0.717) is 16.6 Å². The summed E-state index contributed by atoms with van der Waals surface area (Å²) in [6.45, 7) is 20.9. The Morgan fingerprint density at radius 3 is 1.70 bits per heavy atom. The molecule has 0 fully saturated rings. The standard InChI is InChI=1S/C25H40OSi/c1-10-11-12-22-15-23-13-20(8)21(9)14-24(23)16-25(22)26-27(17(2)3,18(4)5)19(6)7/h13-19H,10-12H2,1-9H3. The minimum absolute atomic E-state index is 0.590. The monoisotopic (exact) mass is 384 g/mol. The molecule has 2 aromatic rings. The van der Waals surface area contributed by atoms with Crippen LogP contribution in [0, 0.1) is 13.8 Å². The Labute approximate surface area is 168 Å². The highest BCUT2D eigenvalue weighted by molar-refractivity contribution is 6.78. The van der Waals surface area contributed by atoms with E-state index >= 15 is 0 Å². The van der Waals surface area contributed by atoms with Gasteiger partial charge in [0.1, 0.15) is 5.75 Å². The minimum Gasteiger partial charge on any atom is -0.542 e. The summed E-state index contributed by atoms with van der Waals surface area (Å²) in [5.41, 5.74) is 5.89. The predicted octanol–water partition coefficient (Wildman–Crippen LogP) is 8.35. The summed E-state index contributed by atoms with van der Waals surface area (Å²) in [5, 5.41) is 2.66. The van der Waals surface area contributed by atoms with Gasteiger partial charge in [-0.15, -0.1) is 0 Å². The van der Waals surface area contributed by atoms with E-state index in [1.54, 1.807) is 0 Å². The van der Waals surface area contributed by atoms with E-state index in [9.17, 15) is 0 Å². The molecule has 0 bridgehead atoms. The molecule has 2 rings (SSSR count). The topological polar surface area (TPSA) is 9.23 Å². The average molecular weight is 385 g/mol. The Bertz CT molecular complexity index is 752. The zero-order valence-corrected chi connectivity index (χ0v) is 20.1. The molecular weight excluding hydrogens is 344 g/mol. The second kappa shape index (κ2) is 8.81. The van der Waals surface area contributed by atoms with Crippen LogP contribution in [0.4, 0.5) is 0 Å². The van der Waals surface area contributed by atoms with E-state index in [-0.39, 0.29) is 0 Å². The Morgan fingerprint density at radius 1 is 0.778 bits per heavy atom. The normalized spacial score (nSPS) is 12.6. The molecule has 0 amide bonds. The van der Waals surface area contributed by atoms with Gasteiger partial charge < -0.3 is 4.43 Å². The Hall–Kier alpha value is -1.28. The Balaban J connectivity index is 2.64. The van der Waals surface area contributed by atoms with Gasteiger partial charge in [0, 0.05) is 0 Å². The Morgan fingerprint density at radius 2 is 1.26 bits per heavy atom. The molecule has 0 spiro atoms. The largest absolute Gasteiger partial charge is 0.542 e. The van der Waals surface area contributed by atoms with Crippen molar-refractivity contribution < 1.29 is 4.43 Å². The van der Waals surface area contributed by atoms with Crippen LogP contribution in [0.25, 0.3) is 10.8 Å². The first kappa shape index (κ1) is 22.0. The van der Waals surface area contributed by atoms with Gasteiger partial charge in [-0.3, -0.25) is 0 Å². The van der Waals surface area contributed by atoms with Crippen molar-refractivity contribution in [1.82, 2.24) is 0 Å². The lowest BCUT2D eigenvalue weighted by molar-refractivity contribution is 0.474. The van der Waals surface area contributed by atoms with Crippen LogP contribution >= 0.6 is 0 Å². The first-order valence-corrected chi connectivity index (χ1v) is 13.0. The quantitative estimate of drug-likeness (QED) is 0.415. The molecule has 27 heavy (non-hydrogen) atoms. The third kappa shape index (κ3) is 4.42. The highest BCUT2D eigenvalue weighted by Gasteiger charge is 2.47. The zero-order valence-electron chi connectivity index (χ0n) is 19.1. The fourth-order valence-electron chi connectivity index (χ4n) is 4.81. The van der Waals surface area contributed by atoms with Crippen molar-refractivity contribution in [2.75, 3.05) is 0 Å². The molecule has 0 aromatic heterocycles.